The summed E-state index contributed by atoms with van der Waals surface area (Å²) in [6.07, 6.45) is 0. The Morgan fingerprint density at radius 3 is 0.186 bits per heavy atom. The third kappa shape index (κ3) is 216. The normalized spacial score (nSPS) is 9.05. The van der Waals surface area contributed by atoms with Crippen molar-refractivity contribution in [1.82, 2.24) is 0 Å². The molecule has 338 valence electrons. The number of benzene rings is 5. The van der Waals surface area contributed by atoms with Gasteiger partial charge in [-0.25, -0.2) is 0 Å². The molecule has 0 unspecified atom stereocenters. The molecule has 0 fully saturated rings. The first-order valence-corrected chi connectivity index (χ1v) is 20.4. The Bertz CT molecular complexity index is 875. The van der Waals surface area contributed by atoms with Gasteiger partial charge in [-0.2, -0.15) is 0 Å². The van der Waals surface area contributed by atoms with Gasteiger partial charge in [-0.15, -0.1) is 0 Å². The van der Waals surface area contributed by atoms with E-state index in [2.05, 4.69) is 125 Å². The second kappa shape index (κ2) is 54.0. The van der Waals surface area contributed by atoms with Crippen molar-refractivity contribution >= 4 is 0 Å². The number of hydrogen-bond acceptors (Lipinski definition) is 3. The fourth-order valence-electron chi connectivity index (χ4n) is 1.92. The molecule has 0 aromatic heterocycles. The Morgan fingerprint density at radius 1 is 0.153 bits per heavy atom. The average molecular weight is 817 g/mol. The van der Waals surface area contributed by atoms with Crippen LogP contribution in [0.4, 0.5) is 0 Å². The van der Waals surface area contributed by atoms with E-state index in [-0.39, 0.29) is 0 Å². The van der Waals surface area contributed by atoms with Crippen LogP contribution in [0.15, 0.2) is 182 Å². The molecule has 0 aliphatic carbocycles. The lowest BCUT2D eigenvalue weighted by atomic mass is 10.0. The summed E-state index contributed by atoms with van der Waals surface area (Å²) in [5.74, 6) is 0. The van der Waals surface area contributed by atoms with Gasteiger partial charge in [0.2, 0.25) is 0 Å². The topological polar surface area (TPSA) is 27.7 Å². The zero-order valence-electron chi connectivity index (χ0n) is 42.5. The van der Waals surface area contributed by atoms with E-state index in [0.29, 0.717) is 21.7 Å². The highest BCUT2D eigenvalue weighted by atomic mass is 16.5. The molecule has 0 amide bonds. The third-order valence-electron chi connectivity index (χ3n) is 3.33. The van der Waals surface area contributed by atoms with Gasteiger partial charge in [0.1, 0.15) is 0 Å². The van der Waals surface area contributed by atoms with Crippen LogP contribution in [0.5, 0.6) is 0 Å². The molecule has 5 aromatic carbocycles. The van der Waals surface area contributed by atoms with Crippen molar-refractivity contribution in [3.63, 3.8) is 0 Å². The zero-order chi connectivity index (χ0) is 47.3. The standard InChI is InChI=1S/5C6H6.4C5H12.3C2H6O/c5*1-2-4-6-5-3-1;4*1-5(2,3)4;3*1-3-2/h5*1-6H;4*1-4H3;3*1-2H3. The quantitative estimate of drug-likeness (QED) is 0.156. The van der Waals surface area contributed by atoms with E-state index in [1.807, 2.05) is 182 Å². The number of rotatable bonds is 0. The van der Waals surface area contributed by atoms with E-state index in [0.717, 1.165) is 0 Å². The van der Waals surface area contributed by atoms with E-state index < -0.39 is 0 Å². The molecule has 0 atom stereocenters. The van der Waals surface area contributed by atoms with Crippen molar-refractivity contribution in [1.29, 1.82) is 0 Å². The van der Waals surface area contributed by atoms with E-state index >= 15 is 0 Å². The summed E-state index contributed by atoms with van der Waals surface area (Å²) < 4.78 is 12.8. The first-order chi connectivity index (χ1) is 27.2. The summed E-state index contributed by atoms with van der Waals surface area (Å²) in [5, 5.41) is 0. The SMILES string of the molecule is CC(C)(C)C.CC(C)(C)C.CC(C)(C)C.CC(C)(C)C.COC.COC.COC.c1ccccc1.c1ccccc1.c1ccccc1.c1ccccc1.c1ccccc1. The van der Waals surface area contributed by atoms with Crippen LogP contribution in [0.1, 0.15) is 111 Å². The van der Waals surface area contributed by atoms with Crippen molar-refractivity contribution in [2.24, 2.45) is 21.7 Å². The molecule has 0 saturated heterocycles. The lowest BCUT2D eigenvalue weighted by Gasteiger charge is -2.05. The second-order valence-corrected chi connectivity index (χ2v) is 19.0. The van der Waals surface area contributed by atoms with Gasteiger partial charge in [-0.05, 0) is 21.7 Å². The molecule has 0 radical (unpaired) electrons. The van der Waals surface area contributed by atoms with Crippen LogP contribution in [0, 0.1) is 21.7 Å². The van der Waals surface area contributed by atoms with E-state index in [9.17, 15) is 0 Å². The molecule has 0 saturated carbocycles. The molecule has 5 rings (SSSR count). The summed E-state index contributed by atoms with van der Waals surface area (Å²) in [5.41, 5.74) is 2.00. The predicted octanol–water partition coefficient (Wildman–Crippen LogP) is 17.4. The van der Waals surface area contributed by atoms with Crippen LogP contribution in [0.3, 0.4) is 0 Å². The molecule has 0 bridgehead atoms. The second-order valence-electron chi connectivity index (χ2n) is 19.0. The minimum Gasteiger partial charge on any atom is -0.388 e. The maximum Gasteiger partial charge on any atom is 0.0351 e. The summed E-state index contributed by atoms with van der Waals surface area (Å²) in [6, 6.07) is 60.0. The van der Waals surface area contributed by atoms with Crippen molar-refractivity contribution < 1.29 is 14.2 Å². The third-order valence-corrected chi connectivity index (χ3v) is 3.33. The lowest BCUT2D eigenvalue weighted by molar-refractivity contribution is 0.277. The number of methoxy groups -OCH3 is 3. The zero-order valence-corrected chi connectivity index (χ0v) is 42.5. The summed E-state index contributed by atoms with van der Waals surface area (Å²) in [4.78, 5) is 0. The Balaban J connectivity index is -0.000000101. The van der Waals surface area contributed by atoms with Crippen LogP contribution < -0.4 is 0 Å². The summed E-state index contributed by atoms with van der Waals surface area (Å²) >= 11 is 0. The maximum absolute atomic E-state index is 4.25. The Kier molecular flexibility index (Phi) is 63.7. The van der Waals surface area contributed by atoms with Crippen LogP contribution >= 0.6 is 0 Å². The molecule has 5 aromatic rings. The highest BCUT2D eigenvalue weighted by Crippen LogP contribution is 2.09. The highest BCUT2D eigenvalue weighted by molar-refractivity contribution is 5.01. The lowest BCUT2D eigenvalue weighted by Crippen LogP contribution is -1.93. The number of ether oxygens (including phenoxy) is 3. The minimum absolute atomic E-state index is 0.500. The summed E-state index contributed by atoms with van der Waals surface area (Å²) in [6.45, 7) is 35.0. The largest absolute Gasteiger partial charge is 0.388 e. The monoisotopic (exact) mass is 817 g/mol. The molecule has 0 heterocycles. The molecule has 0 aliphatic heterocycles. The van der Waals surface area contributed by atoms with Gasteiger partial charge in [-0.3, -0.25) is 0 Å². The molecule has 0 N–H and O–H groups in total. The van der Waals surface area contributed by atoms with Gasteiger partial charge >= 0.3 is 0 Å². The van der Waals surface area contributed by atoms with Crippen LogP contribution in [-0.2, 0) is 14.2 Å². The Hall–Kier alpha value is -4.02. The highest BCUT2D eigenvalue weighted by Gasteiger charge is 1.97. The molecular weight excluding hydrogens is 721 g/mol. The maximum atomic E-state index is 4.25. The predicted molar refractivity (Wildman–Crippen MR) is 272 cm³/mol. The molecule has 0 spiro atoms. The fraction of sp³-hybridized carbons (Fsp3) is 0.464. The molecule has 3 nitrogen and oxygen atoms in total. The van der Waals surface area contributed by atoms with Crippen LogP contribution in [0.2, 0.25) is 0 Å². The van der Waals surface area contributed by atoms with Gasteiger partial charge in [0.05, 0.1) is 0 Å². The van der Waals surface area contributed by atoms with Crippen molar-refractivity contribution in [2.45, 2.75) is 111 Å². The van der Waals surface area contributed by atoms with Crippen molar-refractivity contribution in [3.8, 4) is 0 Å². The molecular formula is C56H96O3. The van der Waals surface area contributed by atoms with Gasteiger partial charge in [0.25, 0.3) is 0 Å². The van der Waals surface area contributed by atoms with E-state index in [1.165, 1.54) is 0 Å². The van der Waals surface area contributed by atoms with E-state index in [1.54, 1.807) is 42.7 Å². The van der Waals surface area contributed by atoms with Crippen molar-refractivity contribution in [2.75, 3.05) is 42.7 Å². The average Bonchev–Trinajstić information content (AvgIpc) is 3.15. The molecule has 59 heavy (non-hydrogen) atoms. The minimum atomic E-state index is 0.500. The van der Waals surface area contributed by atoms with E-state index in [4.69, 9.17) is 0 Å². The van der Waals surface area contributed by atoms with Crippen LogP contribution in [0.25, 0.3) is 0 Å². The number of hydrogen-bond donors (Lipinski definition) is 0. The van der Waals surface area contributed by atoms with Crippen molar-refractivity contribution in [3.05, 3.63) is 182 Å². The molecule has 0 aliphatic rings. The van der Waals surface area contributed by atoms with Crippen LogP contribution in [-0.4, -0.2) is 42.7 Å². The Morgan fingerprint density at radius 2 is 0.169 bits per heavy atom. The Labute approximate surface area is 370 Å². The first-order valence-electron chi connectivity index (χ1n) is 20.4. The van der Waals surface area contributed by atoms with Gasteiger partial charge < -0.3 is 14.2 Å². The fourth-order valence-corrected chi connectivity index (χ4v) is 1.92. The van der Waals surface area contributed by atoms with Gasteiger partial charge in [0, 0.05) is 42.7 Å². The van der Waals surface area contributed by atoms with Gasteiger partial charge in [0.15, 0.2) is 0 Å². The smallest absolute Gasteiger partial charge is 0.0351 e. The molecule has 3 heteroatoms. The summed E-state index contributed by atoms with van der Waals surface area (Å²) in [7, 11) is 9.75. The first kappa shape index (κ1) is 69.6. The van der Waals surface area contributed by atoms with Gasteiger partial charge in [-0.1, -0.05) is 293 Å².